The molecule has 0 unspecified atom stereocenters. The van der Waals surface area contributed by atoms with E-state index >= 15 is 0 Å². The molecule has 3 aromatic rings. The van der Waals surface area contributed by atoms with Gasteiger partial charge in [-0.1, -0.05) is 30.3 Å². The minimum atomic E-state index is -0.335. The van der Waals surface area contributed by atoms with Gasteiger partial charge in [0.1, 0.15) is 5.75 Å². The number of hydrogen-bond acceptors (Lipinski definition) is 4. The quantitative estimate of drug-likeness (QED) is 0.448. The molecule has 0 atom stereocenters. The Morgan fingerprint density at radius 1 is 0.800 bits per heavy atom. The van der Waals surface area contributed by atoms with Gasteiger partial charge in [-0.2, -0.15) is 0 Å². The summed E-state index contributed by atoms with van der Waals surface area (Å²) in [5, 5.41) is 8.69. The maximum Gasteiger partial charge on any atom is 0.323 e. The van der Waals surface area contributed by atoms with Crippen molar-refractivity contribution in [1.82, 2.24) is 4.90 Å². The number of carbonyl (C=O) groups excluding carboxylic acids is 2. The number of urea groups is 2. The van der Waals surface area contributed by atoms with Crippen LogP contribution in [0.5, 0.6) is 5.75 Å². The van der Waals surface area contributed by atoms with Crippen molar-refractivity contribution >= 4 is 34.8 Å². The Hall–Kier alpha value is -4.20. The van der Waals surface area contributed by atoms with Crippen molar-refractivity contribution in [2.24, 2.45) is 0 Å². The van der Waals surface area contributed by atoms with E-state index in [9.17, 15) is 9.59 Å². The molecule has 0 bridgehead atoms. The maximum atomic E-state index is 12.6. The average molecular weight is 474 g/mol. The van der Waals surface area contributed by atoms with Crippen molar-refractivity contribution in [2.75, 3.05) is 53.6 Å². The van der Waals surface area contributed by atoms with Crippen LogP contribution >= 0.6 is 0 Å². The first-order valence-corrected chi connectivity index (χ1v) is 11.8. The predicted molar refractivity (Wildman–Crippen MR) is 141 cm³/mol. The number of ether oxygens (including phenoxy) is 1. The van der Waals surface area contributed by atoms with E-state index in [-0.39, 0.29) is 12.1 Å². The highest BCUT2D eigenvalue weighted by Crippen LogP contribution is 2.24. The summed E-state index contributed by atoms with van der Waals surface area (Å²) in [7, 11) is 0. The summed E-state index contributed by atoms with van der Waals surface area (Å²) in [5.74, 6) is 0.632. The average Bonchev–Trinajstić information content (AvgIpc) is 2.87. The predicted octanol–water partition coefficient (Wildman–Crippen LogP) is 5.39. The highest BCUT2D eigenvalue weighted by molar-refractivity contribution is 6.00. The summed E-state index contributed by atoms with van der Waals surface area (Å²) < 4.78 is 5.55. The first-order chi connectivity index (χ1) is 17.0. The number of benzene rings is 3. The number of rotatable bonds is 6. The fraction of sp³-hybridized carbons (Fsp3) is 0.259. The number of para-hydroxylation sites is 3. The van der Waals surface area contributed by atoms with Crippen LogP contribution in [0.25, 0.3) is 0 Å². The molecule has 3 N–H and O–H groups in total. The molecule has 4 amide bonds. The fourth-order valence-corrected chi connectivity index (χ4v) is 3.97. The lowest BCUT2D eigenvalue weighted by molar-refractivity contribution is 0.208. The van der Waals surface area contributed by atoms with Gasteiger partial charge >= 0.3 is 12.1 Å². The van der Waals surface area contributed by atoms with E-state index < -0.39 is 0 Å². The van der Waals surface area contributed by atoms with Crippen molar-refractivity contribution in [2.45, 2.75) is 13.8 Å². The van der Waals surface area contributed by atoms with Gasteiger partial charge in [-0.25, -0.2) is 9.59 Å². The molecule has 4 rings (SSSR count). The van der Waals surface area contributed by atoms with Gasteiger partial charge in [0.15, 0.2) is 0 Å². The van der Waals surface area contributed by atoms with Crippen molar-refractivity contribution in [3.63, 3.8) is 0 Å². The van der Waals surface area contributed by atoms with Crippen molar-refractivity contribution < 1.29 is 14.3 Å². The van der Waals surface area contributed by atoms with E-state index in [1.165, 1.54) is 0 Å². The highest BCUT2D eigenvalue weighted by Gasteiger charge is 2.21. The van der Waals surface area contributed by atoms with Gasteiger partial charge in [0.05, 0.1) is 12.3 Å². The van der Waals surface area contributed by atoms with Crippen LogP contribution in [0, 0.1) is 6.92 Å². The number of nitrogens with one attached hydrogen (secondary N) is 3. The van der Waals surface area contributed by atoms with Crippen molar-refractivity contribution in [1.29, 1.82) is 0 Å². The molecule has 0 radical (unpaired) electrons. The highest BCUT2D eigenvalue weighted by atomic mass is 16.5. The van der Waals surface area contributed by atoms with Crippen LogP contribution in [0.15, 0.2) is 72.8 Å². The van der Waals surface area contributed by atoms with Crippen LogP contribution in [-0.2, 0) is 0 Å². The van der Waals surface area contributed by atoms with Gasteiger partial charge in [0.25, 0.3) is 0 Å². The molecule has 182 valence electrons. The summed E-state index contributed by atoms with van der Waals surface area (Å²) in [6.07, 6.45) is 0. The molecule has 3 aromatic carbocycles. The Balaban J connectivity index is 1.27. The minimum absolute atomic E-state index is 0.0737. The van der Waals surface area contributed by atoms with Gasteiger partial charge < -0.3 is 30.5 Å². The number of amides is 4. The van der Waals surface area contributed by atoms with Crippen LogP contribution in [0.4, 0.5) is 32.3 Å². The zero-order valence-electron chi connectivity index (χ0n) is 20.1. The van der Waals surface area contributed by atoms with Crippen LogP contribution in [0.2, 0.25) is 0 Å². The topological polar surface area (TPSA) is 85.9 Å². The fourth-order valence-electron chi connectivity index (χ4n) is 3.97. The smallest absolute Gasteiger partial charge is 0.323 e. The maximum absolute atomic E-state index is 12.6. The molecule has 0 aliphatic carbocycles. The third-order valence-electron chi connectivity index (χ3n) is 5.88. The zero-order chi connectivity index (χ0) is 24.6. The van der Waals surface area contributed by atoms with Crippen LogP contribution in [-0.4, -0.2) is 49.7 Å². The molecule has 35 heavy (non-hydrogen) atoms. The molecule has 0 aromatic heterocycles. The molecule has 1 aliphatic rings. The second kappa shape index (κ2) is 11.3. The molecule has 0 spiro atoms. The molecular weight excluding hydrogens is 442 g/mol. The van der Waals surface area contributed by atoms with Gasteiger partial charge in [0.2, 0.25) is 0 Å². The molecule has 1 fully saturated rings. The lowest BCUT2D eigenvalue weighted by atomic mass is 10.2. The van der Waals surface area contributed by atoms with E-state index in [2.05, 4.69) is 20.9 Å². The molecular formula is C27H31N5O3. The lowest BCUT2D eigenvalue weighted by Gasteiger charge is -2.36. The summed E-state index contributed by atoms with van der Waals surface area (Å²) in [6.45, 7) is 7.16. The Kier molecular flexibility index (Phi) is 7.72. The molecule has 1 saturated heterocycles. The van der Waals surface area contributed by atoms with Crippen molar-refractivity contribution in [3.8, 4) is 5.75 Å². The summed E-state index contributed by atoms with van der Waals surface area (Å²) in [5.41, 5.74) is 4.25. The van der Waals surface area contributed by atoms with Gasteiger partial charge in [-0.05, 0) is 61.9 Å². The minimum Gasteiger partial charge on any atom is -0.492 e. The molecule has 1 heterocycles. The molecule has 1 aliphatic heterocycles. The Labute approximate surface area is 205 Å². The molecule has 0 saturated carbocycles. The lowest BCUT2D eigenvalue weighted by Crippen LogP contribution is -2.50. The largest absolute Gasteiger partial charge is 0.492 e. The zero-order valence-corrected chi connectivity index (χ0v) is 20.1. The SMILES string of the molecule is CCOc1ccccc1NC(=O)Nc1ccc(N2CCN(C(=O)Nc3ccccc3C)CC2)cc1. The molecule has 8 heteroatoms. The first kappa shape index (κ1) is 23.9. The number of carbonyl (C=O) groups is 2. The summed E-state index contributed by atoms with van der Waals surface area (Å²) >= 11 is 0. The van der Waals surface area contributed by atoms with Crippen LogP contribution in [0.1, 0.15) is 12.5 Å². The van der Waals surface area contributed by atoms with E-state index in [1.54, 1.807) is 6.07 Å². The number of aryl methyl sites for hydroxylation is 1. The van der Waals surface area contributed by atoms with Crippen LogP contribution in [0.3, 0.4) is 0 Å². The van der Waals surface area contributed by atoms with Gasteiger partial charge in [0, 0.05) is 43.2 Å². The van der Waals surface area contributed by atoms with Gasteiger partial charge in [-0.15, -0.1) is 0 Å². The van der Waals surface area contributed by atoms with Crippen LogP contribution < -0.4 is 25.6 Å². The van der Waals surface area contributed by atoms with E-state index in [4.69, 9.17) is 4.74 Å². The van der Waals surface area contributed by atoms with E-state index in [0.29, 0.717) is 36.8 Å². The second-order valence-corrected chi connectivity index (χ2v) is 8.27. The Morgan fingerprint density at radius 3 is 2.14 bits per heavy atom. The van der Waals surface area contributed by atoms with E-state index in [0.717, 1.165) is 30.0 Å². The number of hydrogen-bond donors (Lipinski definition) is 3. The number of anilines is 4. The monoisotopic (exact) mass is 473 g/mol. The van der Waals surface area contributed by atoms with Crippen molar-refractivity contribution in [3.05, 3.63) is 78.4 Å². The standard InChI is InChI=1S/C27H31N5O3/c1-3-35-25-11-7-6-10-24(25)29-26(33)28-21-12-14-22(15-13-21)31-16-18-32(19-17-31)27(34)30-23-9-5-4-8-20(23)2/h4-15H,3,16-19H2,1-2H3,(H,30,34)(H2,28,29,33). The van der Waals surface area contributed by atoms with Gasteiger partial charge in [-0.3, -0.25) is 0 Å². The number of piperazine rings is 1. The first-order valence-electron chi connectivity index (χ1n) is 11.8. The second-order valence-electron chi connectivity index (χ2n) is 8.27. The molecule has 8 nitrogen and oxygen atoms in total. The summed E-state index contributed by atoms with van der Waals surface area (Å²) in [4.78, 5) is 29.2. The van der Waals surface area contributed by atoms with E-state index in [1.807, 2.05) is 85.5 Å². The number of nitrogens with zero attached hydrogens (tertiary/aromatic N) is 2. The normalized spacial score (nSPS) is 13.2. The Bertz CT molecular complexity index is 1160. The summed E-state index contributed by atoms with van der Waals surface area (Å²) in [6, 6.07) is 22.4. The third-order valence-corrected chi connectivity index (χ3v) is 5.88. The Morgan fingerprint density at radius 2 is 1.46 bits per heavy atom. The third kappa shape index (κ3) is 6.23.